The number of nitrogens with one attached hydrogen (secondary N) is 1. The van der Waals surface area contributed by atoms with Gasteiger partial charge in [-0.2, -0.15) is 5.10 Å². The van der Waals surface area contributed by atoms with Crippen LogP contribution in [0.1, 0.15) is 46.0 Å². The molecular weight excluding hydrogens is 252 g/mol. The molecule has 0 saturated heterocycles. The molecule has 7 heteroatoms. The lowest BCUT2D eigenvalue weighted by molar-refractivity contribution is 0.441. The normalized spacial score (nSPS) is 14.4. The van der Waals surface area contributed by atoms with Gasteiger partial charge >= 0.3 is 0 Å². The quantitative estimate of drug-likeness (QED) is 0.846. The highest BCUT2D eigenvalue weighted by Crippen LogP contribution is 2.20. The van der Waals surface area contributed by atoms with Crippen LogP contribution in [-0.2, 0) is 17.1 Å². The fraction of sp³-hybridized carbons (Fsp3) is 0.818. The second kappa shape index (κ2) is 5.79. The average Bonchev–Trinajstić information content (AvgIpc) is 2.62. The molecule has 0 bridgehead atoms. The maximum absolute atomic E-state index is 12.0. The van der Waals surface area contributed by atoms with Gasteiger partial charge in [-0.1, -0.05) is 13.8 Å². The van der Waals surface area contributed by atoms with E-state index >= 15 is 0 Å². The fourth-order valence-corrected chi connectivity index (χ4v) is 2.50. The molecule has 0 aromatic carbocycles. The minimum atomic E-state index is -3.32. The van der Waals surface area contributed by atoms with Gasteiger partial charge in [0.05, 0.1) is 11.3 Å². The second-order valence-corrected chi connectivity index (χ2v) is 7.40. The Morgan fingerprint density at radius 2 is 1.94 bits per heavy atom. The molecule has 1 N–H and O–H groups in total. The Kier molecular flexibility index (Phi) is 4.86. The van der Waals surface area contributed by atoms with Gasteiger partial charge < -0.3 is 0 Å². The molecular formula is C11H22N4O2S. The van der Waals surface area contributed by atoms with E-state index in [1.807, 2.05) is 13.8 Å². The summed E-state index contributed by atoms with van der Waals surface area (Å²) >= 11 is 0. The Bertz CT molecular complexity index is 479. The summed E-state index contributed by atoms with van der Waals surface area (Å²) in [5.74, 6) is 1.01. The van der Waals surface area contributed by atoms with Crippen molar-refractivity contribution >= 4 is 10.0 Å². The number of hydrogen-bond acceptors (Lipinski definition) is 4. The summed E-state index contributed by atoms with van der Waals surface area (Å²) in [6.45, 7) is 7.41. The molecule has 1 aromatic rings. The lowest BCUT2D eigenvalue weighted by Gasteiger charge is -2.21. The summed E-state index contributed by atoms with van der Waals surface area (Å²) in [7, 11) is -1.55. The van der Waals surface area contributed by atoms with Crippen LogP contribution in [0.2, 0.25) is 0 Å². The molecule has 0 saturated carbocycles. The van der Waals surface area contributed by atoms with Crippen molar-refractivity contribution in [3.05, 3.63) is 12.2 Å². The van der Waals surface area contributed by atoms with Crippen LogP contribution < -0.4 is 4.72 Å². The highest BCUT2D eigenvalue weighted by atomic mass is 32.2. The van der Waals surface area contributed by atoms with Crippen molar-refractivity contribution in [3.63, 3.8) is 0 Å². The SMILES string of the molecule is CC(C)CC(NS(=O)(=O)C(C)C)c1ncnn1C. The Labute approximate surface area is 109 Å². The molecule has 18 heavy (non-hydrogen) atoms. The van der Waals surface area contributed by atoms with Crippen molar-refractivity contribution in [2.45, 2.75) is 45.4 Å². The van der Waals surface area contributed by atoms with Crippen LogP contribution in [0.15, 0.2) is 6.33 Å². The Balaban J connectivity index is 2.98. The molecule has 6 nitrogen and oxygen atoms in total. The van der Waals surface area contributed by atoms with Crippen LogP contribution in [0.25, 0.3) is 0 Å². The molecule has 0 fully saturated rings. The smallest absolute Gasteiger partial charge is 0.214 e. The number of aromatic nitrogens is 3. The molecule has 0 spiro atoms. The molecule has 0 aliphatic carbocycles. The van der Waals surface area contributed by atoms with Crippen LogP contribution in [0.3, 0.4) is 0 Å². The predicted molar refractivity (Wildman–Crippen MR) is 70.4 cm³/mol. The van der Waals surface area contributed by atoms with Crippen LogP contribution in [0, 0.1) is 5.92 Å². The first-order valence-corrected chi connectivity index (χ1v) is 7.63. The predicted octanol–water partition coefficient (Wildman–Crippen LogP) is 1.23. The van der Waals surface area contributed by atoms with Crippen molar-refractivity contribution in [1.29, 1.82) is 0 Å². The molecule has 1 unspecified atom stereocenters. The Morgan fingerprint density at radius 1 is 1.33 bits per heavy atom. The second-order valence-electron chi connectivity index (χ2n) is 5.14. The van der Waals surface area contributed by atoms with Crippen LogP contribution >= 0.6 is 0 Å². The van der Waals surface area contributed by atoms with E-state index in [9.17, 15) is 8.42 Å². The first kappa shape index (κ1) is 15.1. The zero-order chi connectivity index (χ0) is 13.9. The van der Waals surface area contributed by atoms with E-state index in [-0.39, 0.29) is 6.04 Å². The maximum atomic E-state index is 12.0. The zero-order valence-corrected chi connectivity index (χ0v) is 12.4. The molecule has 1 heterocycles. The molecule has 0 amide bonds. The van der Waals surface area contributed by atoms with Gasteiger partial charge in [0.15, 0.2) is 0 Å². The number of rotatable bonds is 6. The summed E-state index contributed by atoms with van der Waals surface area (Å²) in [4.78, 5) is 4.14. The average molecular weight is 274 g/mol. The summed E-state index contributed by atoms with van der Waals surface area (Å²) in [5, 5.41) is 3.53. The van der Waals surface area contributed by atoms with Gasteiger partial charge in [0.1, 0.15) is 12.2 Å². The van der Waals surface area contributed by atoms with E-state index in [0.717, 1.165) is 0 Å². The van der Waals surface area contributed by atoms with Gasteiger partial charge in [0.2, 0.25) is 10.0 Å². The highest BCUT2D eigenvalue weighted by Gasteiger charge is 2.25. The third-order valence-electron chi connectivity index (χ3n) is 2.69. The molecule has 1 aromatic heterocycles. The molecule has 1 atom stereocenters. The van der Waals surface area contributed by atoms with Crippen molar-refractivity contribution in [2.24, 2.45) is 13.0 Å². The zero-order valence-electron chi connectivity index (χ0n) is 11.6. The van der Waals surface area contributed by atoms with Gasteiger partial charge in [-0.15, -0.1) is 0 Å². The molecule has 104 valence electrons. The van der Waals surface area contributed by atoms with Gasteiger partial charge in [-0.25, -0.2) is 18.1 Å². The lowest BCUT2D eigenvalue weighted by atomic mass is 10.0. The molecule has 1 rings (SSSR count). The van der Waals surface area contributed by atoms with E-state index in [1.165, 1.54) is 6.33 Å². The van der Waals surface area contributed by atoms with E-state index in [2.05, 4.69) is 14.8 Å². The van der Waals surface area contributed by atoms with E-state index in [0.29, 0.717) is 18.2 Å². The fourth-order valence-electron chi connectivity index (χ4n) is 1.63. The third kappa shape index (κ3) is 3.78. The number of aryl methyl sites for hydroxylation is 1. The van der Waals surface area contributed by atoms with Crippen molar-refractivity contribution < 1.29 is 8.42 Å². The Morgan fingerprint density at radius 3 is 2.33 bits per heavy atom. The van der Waals surface area contributed by atoms with E-state index < -0.39 is 15.3 Å². The van der Waals surface area contributed by atoms with Crippen molar-refractivity contribution in [1.82, 2.24) is 19.5 Å². The molecule has 0 aliphatic heterocycles. The van der Waals surface area contributed by atoms with Gasteiger partial charge in [-0.05, 0) is 26.2 Å². The molecule has 0 radical (unpaired) electrons. The van der Waals surface area contributed by atoms with Crippen LogP contribution in [-0.4, -0.2) is 28.4 Å². The number of sulfonamides is 1. The topological polar surface area (TPSA) is 76.9 Å². The van der Waals surface area contributed by atoms with Crippen LogP contribution in [0.5, 0.6) is 0 Å². The minimum Gasteiger partial charge on any atom is -0.252 e. The number of hydrogen-bond donors (Lipinski definition) is 1. The summed E-state index contributed by atoms with van der Waals surface area (Å²) in [5.41, 5.74) is 0. The van der Waals surface area contributed by atoms with E-state index in [4.69, 9.17) is 0 Å². The van der Waals surface area contributed by atoms with Crippen LogP contribution in [0.4, 0.5) is 0 Å². The largest absolute Gasteiger partial charge is 0.252 e. The third-order valence-corrected chi connectivity index (χ3v) is 4.55. The van der Waals surface area contributed by atoms with E-state index in [1.54, 1.807) is 25.6 Å². The number of nitrogens with zero attached hydrogens (tertiary/aromatic N) is 3. The summed E-state index contributed by atoms with van der Waals surface area (Å²) < 4.78 is 28.2. The first-order valence-electron chi connectivity index (χ1n) is 6.09. The minimum absolute atomic E-state index is 0.329. The monoisotopic (exact) mass is 274 g/mol. The van der Waals surface area contributed by atoms with Crippen molar-refractivity contribution in [2.75, 3.05) is 0 Å². The maximum Gasteiger partial charge on any atom is 0.214 e. The first-order chi connectivity index (χ1) is 8.24. The van der Waals surface area contributed by atoms with Gasteiger partial charge in [0.25, 0.3) is 0 Å². The van der Waals surface area contributed by atoms with Gasteiger partial charge in [0, 0.05) is 7.05 Å². The Hall–Kier alpha value is -0.950. The lowest BCUT2D eigenvalue weighted by Crippen LogP contribution is -2.36. The van der Waals surface area contributed by atoms with Crippen molar-refractivity contribution in [3.8, 4) is 0 Å². The summed E-state index contributed by atoms with van der Waals surface area (Å²) in [6, 6.07) is -0.329. The standard InChI is InChI=1S/C11H22N4O2S/c1-8(2)6-10(11-12-7-13-15(11)5)14-18(16,17)9(3)4/h7-10,14H,6H2,1-5H3. The van der Waals surface area contributed by atoms with Gasteiger partial charge in [-0.3, -0.25) is 4.68 Å². The highest BCUT2D eigenvalue weighted by molar-refractivity contribution is 7.90. The summed E-state index contributed by atoms with van der Waals surface area (Å²) in [6.07, 6.45) is 2.13. The molecule has 0 aliphatic rings.